The molecule has 3 heteroatoms. The molecular weight excluding hydrogens is 142 g/mol. The van der Waals surface area contributed by atoms with Crippen molar-refractivity contribution in [1.29, 1.82) is 0 Å². The van der Waals surface area contributed by atoms with Crippen molar-refractivity contribution in [2.24, 2.45) is 0 Å². The third-order valence-corrected chi connectivity index (χ3v) is 2.83. The van der Waals surface area contributed by atoms with Crippen LogP contribution in [0.15, 0.2) is 0 Å². The van der Waals surface area contributed by atoms with Crippen LogP contribution in [0.4, 0.5) is 0 Å². The maximum Gasteiger partial charge on any atom is 0.179 e. The molecule has 0 aliphatic rings. The lowest BCUT2D eigenvalue weighted by molar-refractivity contribution is -0.955. The molecule has 0 aromatic rings. The minimum atomic E-state index is -0.778. The molecule has 0 aromatic carbocycles. The molecule has 1 atom stereocenters. The minimum absolute atomic E-state index is 0.0387. The van der Waals surface area contributed by atoms with E-state index >= 15 is 0 Å². The zero-order valence-electron chi connectivity index (χ0n) is 8.10. The summed E-state index contributed by atoms with van der Waals surface area (Å²) < 4.78 is 0. The first kappa shape index (κ1) is 10.9. The molecule has 1 unspecified atom stereocenters. The predicted octanol–water partition coefficient (Wildman–Crippen LogP) is -1.000. The van der Waals surface area contributed by atoms with Gasteiger partial charge in [0.2, 0.25) is 0 Å². The van der Waals surface area contributed by atoms with Crippen LogP contribution in [0.1, 0.15) is 27.7 Å². The first-order valence-corrected chi connectivity index (χ1v) is 3.89. The third-order valence-electron chi connectivity index (χ3n) is 2.83. The van der Waals surface area contributed by atoms with Crippen molar-refractivity contribution in [2.45, 2.75) is 38.8 Å². The lowest BCUT2D eigenvalue weighted by Gasteiger charge is -2.40. The van der Waals surface area contributed by atoms with Crippen molar-refractivity contribution in [3.63, 3.8) is 0 Å². The summed E-state index contributed by atoms with van der Waals surface area (Å²) in [6.07, 6.45) is 0. The summed E-state index contributed by atoms with van der Waals surface area (Å²) in [7, 11) is 1.86. The molecule has 0 fully saturated rings. The molecule has 0 aliphatic heterocycles. The molecule has 0 heterocycles. The van der Waals surface area contributed by atoms with Gasteiger partial charge in [0.05, 0.1) is 7.05 Å². The molecule has 3 N–H and O–H groups in total. The van der Waals surface area contributed by atoms with Gasteiger partial charge in [-0.05, 0) is 27.7 Å². The Morgan fingerprint density at radius 3 is 1.64 bits per heavy atom. The van der Waals surface area contributed by atoms with Gasteiger partial charge in [0.1, 0.15) is 11.1 Å². The average Bonchev–Trinajstić information content (AvgIpc) is 1.83. The van der Waals surface area contributed by atoms with Gasteiger partial charge in [-0.1, -0.05) is 0 Å². The second-order valence-corrected chi connectivity index (χ2v) is 4.12. The Balaban J connectivity index is 4.45. The fourth-order valence-electron chi connectivity index (χ4n) is 0.720. The number of nitrogens with one attached hydrogen (secondary N) is 1. The fourth-order valence-corrected chi connectivity index (χ4v) is 0.720. The molecule has 0 aliphatic carbocycles. The highest BCUT2D eigenvalue weighted by Gasteiger charge is 2.42. The van der Waals surface area contributed by atoms with Crippen LogP contribution in [-0.2, 0) is 0 Å². The Bertz CT molecular complexity index is 127. The first-order valence-electron chi connectivity index (χ1n) is 3.89. The van der Waals surface area contributed by atoms with Crippen LogP contribution < -0.4 is 4.90 Å². The topological polar surface area (TPSA) is 44.9 Å². The van der Waals surface area contributed by atoms with Crippen LogP contribution in [0.5, 0.6) is 0 Å². The second kappa shape index (κ2) is 3.09. The van der Waals surface area contributed by atoms with E-state index in [9.17, 15) is 5.11 Å². The van der Waals surface area contributed by atoms with Crippen molar-refractivity contribution >= 4 is 0 Å². The smallest absolute Gasteiger partial charge is 0.179 e. The van der Waals surface area contributed by atoms with Gasteiger partial charge < -0.3 is 15.1 Å². The van der Waals surface area contributed by atoms with Crippen molar-refractivity contribution in [3.05, 3.63) is 0 Å². The van der Waals surface area contributed by atoms with Gasteiger partial charge in [0, 0.05) is 0 Å². The highest BCUT2D eigenvalue weighted by atomic mass is 16.3. The van der Waals surface area contributed by atoms with Crippen molar-refractivity contribution in [3.8, 4) is 0 Å². The van der Waals surface area contributed by atoms with Crippen LogP contribution in [0.25, 0.3) is 0 Å². The normalized spacial score (nSPS) is 16.6. The number of aliphatic hydroxyl groups is 2. The summed E-state index contributed by atoms with van der Waals surface area (Å²) in [4.78, 5) is 0.907. The van der Waals surface area contributed by atoms with E-state index in [-0.39, 0.29) is 12.3 Å². The number of hydrogen-bond donors (Lipinski definition) is 3. The number of rotatable bonds is 3. The maximum atomic E-state index is 9.72. The Labute approximate surface area is 68.6 Å². The zero-order chi connectivity index (χ0) is 9.28. The molecule has 0 radical (unpaired) electrons. The van der Waals surface area contributed by atoms with Crippen LogP contribution in [0, 0.1) is 0 Å². The van der Waals surface area contributed by atoms with Gasteiger partial charge in [-0.25, -0.2) is 0 Å². The summed E-state index contributed by atoms with van der Waals surface area (Å²) in [5.74, 6) is 0. The van der Waals surface area contributed by atoms with E-state index in [1.54, 1.807) is 13.8 Å². The number of likely N-dealkylation sites (N-methyl/N-ethyl adjacent to an activating group) is 1. The molecule has 0 spiro atoms. The largest absolute Gasteiger partial charge is 0.384 e. The van der Waals surface area contributed by atoms with Gasteiger partial charge >= 0.3 is 0 Å². The summed E-state index contributed by atoms with van der Waals surface area (Å²) in [6, 6.07) is 0. The van der Waals surface area contributed by atoms with Crippen molar-refractivity contribution in [1.82, 2.24) is 0 Å². The molecule has 11 heavy (non-hydrogen) atoms. The quantitative estimate of drug-likeness (QED) is 0.466. The van der Waals surface area contributed by atoms with Gasteiger partial charge in [-0.2, -0.15) is 0 Å². The van der Waals surface area contributed by atoms with Gasteiger partial charge in [-0.3, -0.25) is 0 Å². The van der Waals surface area contributed by atoms with Crippen LogP contribution in [-0.4, -0.2) is 35.1 Å². The van der Waals surface area contributed by atoms with Crippen LogP contribution in [0.2, 0.25) is 0 Å². The lowest BCUT2D eigenvalue weighted by Crippen LogP contribution is -3.19. The summed E-state index contributed by atoms with van der Waals surface area (Å²) >= 11 is 0. The molecule has 0 rings (SSSR count). The summed E-state index contributed by atoms with van der Waals surface area (Å²) in [5.41, 5.74) is -1.11. The molecule has 0 aromatic heterocycles. The summed E-state index contributed by atoms with van der Waals surface area (Å²) in [6.45, 7) is 7.41. The monoisotopic (exact) mass is 162 g/mol. The lowest BCUT2D eigenvalue weighted by atomic mass is 9.85. The van der Waals surface area contributed by atoms with E-state index in [4.69, 9.17) is 5.11 Å². The van der Waals surface area contributed by atoms with E-state index in [2.05, 4.69) is 0 Å². The Hall–Kier alpha value is -0.120. The van der Waals surface area contributed by atoms with E-state index in [0.717, 1.165) is 4.90 Å². The molecule has 68 valence electrons. The number of aliphatic hydroxyl groups excluding tert-OH is 1. The first-order chi connectivity index (χ1) is 4.73. The van der Waals surface area contributed by atoms with E-state index in [1.807, 2.05) is 20.9 Å². The highest BCUT2D eigenvalue weighted by Crippen LogP contribution is 2.16. The van der Waals surface area contributed by atoms with Crippen molar-refractivity contribution < 1.29 is 15.1 Å². The zero-order valence-corrected chi connectivity index (χ0v) is 8.10. The standard InChI is InChI=1S/C8H19NO2/c1-7(2,8(3,4)11)9(5)6-10/h10-11H,6H2,1-5H3/p+1. The highest BCUT2D eigenvalue weighted by molar-refractivity contribution is 4.85. The Morgan fingerprint density at radius 2 is 1.55 bits per heavy atom. The van der Waals surface area contributed by atoms with E-state index < -0.39 is 5.60 Å². The average molecular weight is 162 g/mol. The van der Waals surface area contributed by atoms with Gasteiger partial charge in [-0.15, -0.1) is 0 Å². The maximum absolute atomic E-state index is 9.72. The van der Waals surface area contributed by atoms with E-state index in [0.29, 0.717) is 0 Å². The molecule has 0 saturated carbocycles. The predicted molar refractivity (Wildman–Crippen MR) is 44.3 cm³/mol. The van der Waals surface area contributed by atoms with Crippen LogP contribution >= 0.6 is 0 Å². The Morgan fingerprint density at radius 1 is 1.18 bits per heavy atom. The molecule has 0 amide bonds. The number of quaternary nitrogens is 1. The molecular formula is C8H20NO2+. The number of hydrogen-bond acceptors (Lipinski definition) is 2. The Kier molecular flexibility index (Phi) is 3.06. The van der Waals surface area contributed by atoms with E-state index in [1.165, 1.54) is 0 Å². The SMILES string of the molecule is C[NH+](CO)C(C)(C)C(C)(C)O. The van der Waals surface area contributed by atoms with Crippen LogP contribution in [0.3, 0.4) is 0 Å². The second-order valence-electron chi connectivity index (χ2n) is 4.12. The summed E-state index contributed by atoms with van der Waals surface area (Å²) in [5, 5.41) is 18.6. The molecule has 3 nitrogen and oxygen atoms in total. The minimum Gasteiger partial charge on any atom is -0.384 e. The molecule has 0 bridgehead atoms. The fraction of sp³-hybridized carbons (Fsp3) is 1.00. The third kappa shape index (κ3) is 2.15. The van der Waals surface area contributed by atoms with Gasteiger partial charge in [0.25, 0.3) is 0 Å². The molecule has 0 saturated heterocycles. The van der Waals surface area contributed by atoms with Crippen molar-refractivity contribution in [2.75, 3.05) is 13.8 Å². The van der Waals surface area contributed by atoms with Gasteiger partial charge in [0.15, 0.2) is 6.73 Å².